The van der Waals surface area contributed by atoms with E-state index in [2.05, 4.69) is 60.5 Å². The van der Waals surface area contributed by atoms with Crippen molar-refractivity contribution in [1.29, 1.82) is 0 Å². The molecule has 0 aliphatic heterocycles. The Balaban J connectivity index is 0.000000437. The molecule has 0 aromatic carbocycles. The molecule has 0 N–H and O–H groups in total. The minimum absolute atomic E-state index is 0. The molecule has 0 spiro atoms. The van der Waals surface area contributed by atoms with Crippen molar-refractivity contribution < 1.29 is 46.8 Å². The Labute approximate surface area is 168 Å². The van der Waals surface area contributed by atoms with Gasteiger partial charge in [-0.3, -0.25) is 0 Å². The third-order valence-electron chi connectivity index (χ3n) is 2.88. The summed E-state index contributed by atoms with van der Waals surface area (Å²) in [5, 5.41) is 0. The average molecular weight is 454 g/mol. The Hall–Kier alpha value is -0.261. The van der Waals surface area contributed by atoms with Gasteiger partial charge in [-0.25, -0.2) is 9.13 Å². The van der Waals surface area contributed by atoms with Crippen LogP contribution in [0.1, 0.15) is 13.3 Å². The van der Waals surface area contributed by atoms with E-state index in [-0.39, 0.29) is 17.1 Å². The first-order valence-electron chi connectivity index (χ1n) is 7.82. The molecule has 0 amide bonds. The first-order valence-corrected chi connectivity index (χ1v) is 9.85. The molecule has 0 unspecified atom stereocenters. The largest absolute Gasteiger partial charge is 2.00 e. The van der Waals surface area contributed by atoms with Crippen LogP contribution in [0.2, 0.25) is 0 Å². The predicted octanol–water partition coefficient (Wildman–Crippen LogP) is 5.99. The molecule has 2 aliphatic carbocycles. The van der Waals surface area contributed by atoms with Gasteiger partial charge in [0.25, 0.3) is 0 Å². The summed E-state index contributed by atoms with van der Waals surface area (Å²) in [5.74, 6) is 1.37. The quantitative estimate of drug-likeness (QED) is 0.229. The van der Waals surface area contributed by atoms with Crippen LogP contribution in [0.25, 0.3) is 0 Å². The van der Waals surface area contributed by atoms with E-state index in [1.165, 1.54) is 12.3 Å². The molecule has 2 fully saturated rings. The van der Waals surface area contributed by atoms with Crippen molar-refractivity contribution in [1.82, 2.24) is 4.57 Å². The summed E-state index contributed by atoms with van der Waals surface area (Å²) >= 11 is 0. The van der Waals surface area contributed by atoms with Crippen LogP contribution in [0.4, 0.5) is 25.2 Å². The molecule has 2 saturated carbocycles. The number of rotatable bonds is 4. The number of imidazole rings is 1. The average Bonchev–Trinajstić information content (AvgIpc) is 3.19. The van der Waals surface area contributed by atoms with Gasteiger partial charge in [-0.2, -0.15) is 0 Å². The van der Waals surface area contributed by atoms with Gasteiger partial charge in [0.2, 0.25) is 6.33 Å². The summed E-state index contributed by atoms with van der Waals surface area (Å²) in [6.45, 7) is 4.28. The molecule has 0 saturated heterocycles. The summed E-state index contributed by atoms with van der Waals surface area (Å²) in [4.78, 5) is 0. The van der Waals surface area contributed by atoms with Gasteiger partial charge in [-0.15, -0.1) is 0 Å². The second-order valence-electron chi connectivity index (χ2n) is 5.54. The zero-order valence-corrected chi connectivity index (χ0v) is 16.5. The van der Waals surface area contributed by atoms with Gasteiger partial charge in [-0.1, -0.05) is 6.92 Å². The van der Waals surface area contributed by atoms with Crippen LogP contribution in [0, 0.1) is 63.7 Å². The molecular formula is C17H21F6FeN2P+2. The fourth-order valence-corrected chi connectivity index (χ4v) is 1.97. The van der Waals surface area contributed by atoms with Crippen molar-refractivity contribution in [3.63, 3.8) is 0 Å². The van der Waals surface area contributed by atoms with E-state index in [0.717, 1.165) is 13.1 Å². The maximum Gasteiger partial charge on any atom is 2.00 e. The van der Waals surface area contributed by atoms with Gasteiger partial charge >= 0.3 is 50.1 Å². The standard InChI is InChI=1S/C12H16N2.C5H5.F6P.Fe/c1-2-7-13-8-9-14(11-13)10-12-5-3-4-6-12;1-2-4-5-3-1;1-7(2,3,4,5)6;/h3-6,8-9,11H,2,7,10H2,1H3;1-5H;;/q+1;;-1;+2. The summed E-state index contributed by atoms with van der Waals surface area (Å²) in [7, 11) is -10.7. The summed E-state index contributed by atoms with van der Waals surface area (Å²) in [6, 6.07) is 0. The van der Waals surface area contributed by atoms with E-state index in [9.17, 15) is 25.2 Å². The Bertz CT molecular complexity index is 503. The van der Waals surface area contributed by atoms with Gasteiger partial charge in [0.15, 0.2) is 0 Å². The molecule has 1 heterocycles. The van der Waals surface area contributed by atoms with Crippen LogP contribution >= 0.6 is 7.81 Å². The molecule has 10 radical (unpaired) electrons. The third-order valence-corrected chi connectivity index (χ3v) is 2.88. The minimum atomic E-state index is -10.7. The Morgan fingerprint density at radius 1 is 0.852 bits per heavy atom. The first-order chi connectivity index (χ1) is 11.8. The second-order valence-corrected chi connectivity index (χ2v) is 7.45. The SMILES string of the molecule is CCCn1cc[n+](C[C]2[CH][CH][CH][CH]2)c1.F[P-](F)(F)(F)(F)F.[CH]1[CH][CH][CH][CH]1.[Fe+2]. The van der Waals surface area contributed by atoms with Crippen molar-refractivity contribution in [3.05, 3.63) is 82.4 Å². The second kappa shape index (κ2) is 10.5. The van der Waals surface area contributed by atoms with Crippen molar-refractivity contribution in [2.75, 3.05) is 0 Å². The number of aromatic nitrogens is 2. The number of aryl methyl sites for hydroxylation is 1. The van der Waals surface area contributed by atoms with Gasteiger partial charge in [0, 0.05) is 5.92 Å². The number of hydrogen-bond donors (Lipinski definition) is 0. The van der Waals surface area contributed by atoms with Crippen LogP contribution in [-0.2, 0) is 30.2 Å². The van der Waals surface area contributed by atoms with E-state index in [1.54, 1.807) is 0 Å². The number of halogens is 6. The number of hydrogen-bond acceptors (Lipinski definition) is 0. The maximum absolute atomic E-state index is 10.7. The maximum atomic E-state index is 9.87. The van der Waals surface area contributed by atoms with Crippen molar-refractivity contribution in [2.24, 2.45) is 0 Å². The van der Waals surface area contributed by atoms with Crippen LogP contribution in [0.3, 0.4) is 0 Å². The van der Waals surface area contributed by atoms with Crippen LogP contribution < -0.4 is 4.57 Å². The van der Waals surface area contributed by atoms with Crippen LogP contribution in [0.5, 0.6) is 0 Å². The molecule has 2 aliphatic rings. The molecule has 3 rings (SSSR count). The Morgan fingerprint density at radius 2 is 1.30 bits per heavy atom. The molecular weight excluding hydrogens is 433 g/mol. The molecule has 27 heavy (non-hydrogen) atoms. The normalized spacial score (nSPS) is 19.7. The smallest absolute Gasteiger partial charge is 0.0312 e. The fourth-order valence-electron chi connectivity index (χ4n) is 1.97. The third kappa shape index (κ3) is 18.9. The summed E-state index contributed by atoms with van der Waals surface area (Å²) in [6.07, 6.45) is 26.1. The Morgan fingerprint density at radius 3 is 1.70 bits per heavy atom. The molecule has 0 bridgehead atoms. The van der Waals surface area contributed by atoms with Crippen molar-refractivity contribution in [3.8, 4) is 0 Å². The van der Waals surface area contributed by atoms with E-state index < -0.39 is 7.81 Å². The van der Waals surface area contributed by atoms with E-state index >= 15 is 0 Å². The predicted molar refractivity (Wildman–Crippen MR) is 90.4 cm³/mol. The van der Waals surface area contributed by atoms with Gasteiger partial charge in [-0.05, 0) is 64.2 Å². The molecule has 0 atom stereocenters. The Kier molecular flexibility index (Phi) is 10.4. The zero-order valence-electron chi connectivity index (χ0n) is 14.5. The molecule has 1 aromatic heterocycles. The van der Waals surface area contributed by atoms with Gasteiger partial charge < -0.3 is 0 Å². The monoisotopic (exact) mass is 454 g/mol. The zero-order chi connectivity index (χ0) is 19.7. The van der Waals surface area contributed by atoms with E-state index in [0.29, 0.717) is 0 Å². The fraction of sp³-hybridized carbons (Fsp3) is 0.235. The molecule has 152 valence electrons. The molecule has 10 heteroatoms. The van der Waals surface area contributed by atoms with E-state index in [4.69, 9.17) is 0 Å². The summed E-state index contributed by atoms with van der Waals surface area (Å²) in [5.41, 5.74) is 0. The molecule has 2 nitrogen and oxygen atoms in total. The first kappa shape index (κ1) is 26.7. The van der Waals surface area contributed by atoms with Crippen LogP contribution in [-0.4, -0.2) is 4.57 Å². The molecule has 1 aromatic rings. The van der Waals surface area contributed by atoms with Crippen molar-refractivity contribution in [2.45, 2.75) is 26.4 Å². The topological polar surface area (TPSA) is 8.81 Å². The number of nitrogens with zero attached hydrogens (tertiary/aromatic N) is 2. The van der Waals surface area contributed by atoms with Crippen LogP contribution in [0.15, 0.2) is 18.7 Å². The van der Waals surface area contributed by atoms with Crippen molar-refractivity contribution >= 4 is 7.81 Å². The van der Waals surface area contributed by atoms with Gasteiger partial charge in [0.05, 0.1) is 13.1 Å². The van der Waals surface area contributed by atoms with E-state index in [1.807, 2.05) is 32.1 Å². The summed E-state index contributed by atoms with van der Waals surface area (Å²) < 4.78 is 63.6. The minimum Gasteiger partial charge on any atom is -0.0312 e. The van der Waals surface area contributed by atoms with Gasteiger partial charge in [0.1, 0.15) is 12.4 Å².